The molecule has 1 aromatic carbocycles. The fourth-order valence-corrected chi connectivity index (χ4v) is 2.68. The van der Waals surface area contributed by atoms with Gasteiger partial charge in [0.2, 0.25) is 0 Å². The van der Waals surface area contributed by atoms with Crippen molar-refractivity contribution in [2.75, 3.05) is 19.6 Å². The van der Waals surface area contributed by atoms with E-state index in [0.717, 1.165) is 18.7 Å². The molecule has 1 saturated heterocycles. The zero-order valence-electron chi connectivity index (χ0n) is 8.79. The van der Waals surface area contributed by atoms with E-state index in [0.29, 0.717) is 23.9 Å². The van der Waals surface area contributed by atoms with E-state index in [4.69, 9.17) is 0 Å². The molecule has 2 atom stereocenters. The number of hydrogen-bond acceptors (Lipinski definition) is 2. The third kappa shape index (κ3) is 1.41. The molecule has 4 heteroatoms. The molecule has 0 bridgehead atoms. The molecule has 1 unspecified atom stereocenters. The average molecular weight is 220 g/mol. The Balaban J connectivity index is 2.12. The van der Waals surface area contributed by atoms with Crippen molar-refractivity contribution in [2.45, 2.75) is 5.92 Å². The van der Waals surface area contributed by atoms with Gasteiger partial charge in [-0.2, -0.15) is 0 Å². The summed E-state index contributed by atoms with van der Waals surface area (Å²) in [5.41, 5.74) is 1.47. The largest absolute Gasteiger partial charge is 0.352 e. The van der Waals surface area contributed by atoms with Crippen molar-refractivity contribution in [3.63, 3.8) is 0 Å². The first-order valence-electron chi connectivity index (χ1n) is 5.54. The standard InChI is InChI=1S/C12H13FN2O/c13-8-1-2-9-10(3-8)12(16)15-5-7-4-14-6-11(7)9/h1-3,7,11,14H,4-6H2,(H,15,16)/t7-,11?/m0/s1. The number of carbonyl (C=O) groups is 1. The van der Waals surface area contributed by atoms with Gasteiger partial charge in [-0.05, 0) is 23.6 Å². The maximum absolute atomic E-state index is 13.1. The number of carbonyl (C=O) groups excluding carboxylic acids is 1. The van der Waals surface area contributed by atoms with Crippen molar-refractivity contribution in [1.82, 2.24) is 10.6 Å². The molecule has 2 heterocycles. The molecule has 0 saturated carbocycles. The van der Waals surface area contributed by atoms with Gasteiger partial charge in [-0.15, -0.1) is 0 Å². The van der Waals surface area contributed by atoms with Gasteiger partial charge in [-0.1, -0.05) is 6.07 Å². The minimum atomic E-state index is -0.349. The first-order valence-corrected chi connectivity index (χ1v) is 5.54. The number of nitrogens with one attached hydrogen (secondary N) is 2. The summed E-state index contributed by atoms with van der Waals surface area (Å²) >= 11 is 0. The Morgan fingerprint density at radius 2 is 2.12 bits per heavy atom. The molecule has 1 amide bonds. The first-order chi connectivity index (χ1) is 7.75. The van der Waals surface area contributed by atoms with Crippen LogP contribution in [0, 0.1) is 11.7 Å². The number of benzene rings is 1. The minimum Gasteiger partial charge on any atom is -0.352 e. The lowest BCUT2D eigenvalue weighted by Gasteiger charge is -2.15. The van der Waals surface area contributed by atoms with Gasteiger partial charge in [0.15, 0.2) is 0 Å². The van der Waals surface area contributed by atoms with Gasteiger partial charge in [0, 0.05) is 31.1 Å². The highest BCUT2D eigenvalue weighted by Crippen LogP contribution is 2.32. The summed E-state index contributed by atoms with van der Waals surface area (Å²) in [5, 5.41) is 6.17. The van der Waals surface area contributed by atoms with Crippen LogP contribution in [0.15, 0.2) is 18.2 Å². The molecule has 84 valence electrons. The van der Waals surface area contributed by atoms with Crippen LogP contribution in [0.3, 0.4) is 0 Å². The van der Waals surface area contributed by atoms with Crippen LogP contribution in [0.2, 0.25) is 0 Å². The molecule has 0 radical (unpaired) electrons. The number of fused-ring (bicyclic) bond motifs is 3. The zero-order valence-corrected chi connectivity index (χ0v) is 8.79. The Labute approximate surface area is 93.0 Å². The van der Waals surface area contributed by atoms with Crippen LogP contribution in [0.4, 0.5) is 4.39 Å². The van der Waals surface area contributed by atoms with E-state index in [1.165, 1.54) is 12.1 Å². The van der Waals surface area contributed by atoms with E-state index < -0.39 is 0 Å². The molecule has 3 nitrogen and oxygen atoms in total. The Kier molecular flexibility index (Phi) is 2.17. The van der Waals surface area contributed by atoms with Gasteiger partial charge in [0.05, 0.1) is 0 Å². The maximum Gasteiger partial charge on any atom is 0.251 e. The van der Waals surface area contributed by atoms with Crippen LogP contribution >= 0.6 is 0 Å². The summed E-state index contributed by atoms with van der Waals surface area (Å²) < 4.78 is 13.1. The Hall–Kier alpha value is -1.42. The second-order valence-electron chi connectivity index (χ2n) is 4.47. The lowest BCUT2D eigenvalue weighted by Crippen LogP contribution is -2.28. The minimum absolute atomic E-state index is 0.149. The van der Waals surface area contributed by atoms with Crippen molar-refractivity contribution in [1.29, 1.82) is 0 Å². The fourth-order valence-electron chi connectivity index (χ4n) is 2.68. The highest BCUT2D eigenvalue weighted by molar-refractivity contribution is 5.96. The molecule has 0 aromatic heterocycles. The summed E-state index contributed by atoms with van der Waals surface area (Å²) in [6, 6.07) is 4.53. The topological polar surface area (TPSA) is 41.1 Å². The number of rotatable bonds is 0. The molecule has 2 aliphatic rings. The summed E-state index contributed by atoms with van der Waals surface area (Å²) in [7, 11) is 0. The molecule has 2 aliphatic heterocycles. The van der Waals surface area contributed by atoms with Crippen molar-refractivity contribution in [2.24, 2.45) is 5.92 Å². The van der Waals surface area contributed by atoms with Crippen LogP contribution in [-0.4, -0.2) is 25.5 Å². The Morgan fingerprint density at radius 3 is 3.00 bits per heavy atom. The van der Waals surface area contributed by atoms with Gasteiger partial charge in [-0.3, -0.25) is 4.79 Å². The van der Waals surface area contributed by atoms with Gasteiger partial charge in [-0.25, -0.2) is 4.39 Å². The molecule has 1 aromatic rings. The van der Waals surface area contributed by atoms with Crippen LogP contribution < -0.4 is 10.6 Å². The smallest absolute Gasteiger partial charge is 0.251 e. The maximum atomic E-state index is 13.1. The number of halogens is 1. The van der Waals surface area contributed by atoms with E-state index >= 15 is 0 Å². The quantitative estimate of drug-likeness (QED) is 0.681. The monoisotopic (exact) mass is 220 g/mol. The summed E-state index contributed by atoms with van der Waals surface area (Å²) in [4.78, 5) is 11.8. The predicted molar refractivity (Wildman–Crippen MR) is 57.8 cm³/mol. The fraction of sp³-hybridized carbons (Fsp3) is 0.417. The number of hydrogen-bond donors (Lipinski definition) is 2. The molecule has 0 spiro atoms. The third-order valence-corrected chi connectivity index (χ3v) is 3.52. The van der Waals surface area contributed by atoms with E-state index in [1.54, 1.807) is 6.07 Å². The lowest BCUT2D eigenvalue weighted by molar-refractivity contribution is 0.0952. The molecular weight excluding hydrogens is 207 g/mol. The third-order valence-electron chi connectivity index (χ3n) is 3.52. The van der Waals surface area contributed by atoms with Crippen molar-refractivity contribution in [3.8, 4) is 0 Å². The number of amides is 1. The normalized spacial score (nSPS) is 27.9. The van der Waals surface area contributed by atoms with Crippen LogP contribution in [0.5, 0.6) is 0 Å². The average Bonchev–Trinajstić information content (AvgIpc) is 2.69. The van der Waals surface area contributed by atoms with E-state index in [1.807, 2.05) is 0 Å². The van der Waals surface area contributed by atoms with Crippen LogP contribution in [0.1, 0.15) is 21.8 Å². The molecule has 3 rings (SSSR count). The molecule has 1 fully saturated rings. The van der Waals surface area contributed by atoms with Crippen molar-refractivity contribution >= 4 is 5.91 Å². The van der Waals surface area contributed by atoms with E-state index in [-0.39, 0.29) is 11.7 Å². The molecule has 0 aliphatic carbocycles. The van der Waals surface area contributed by atoms with Gasteiger partial charge < -0.3 is 10.6 Å². The second kappa shape index (κ2) is 3.56. The first kappa shape index (κ1) is 9.78. The SMILES string of the molecule is O=C1NC[C@@H]2CNCC2c2ccc(F)cc21. The Bertz CT molecular complexity index is 447. The highest BCUT2D eigenvalue weighted by atomic mass is 19.1. The zero-order chi connectivity index (χ0) is 11.1. The second-order valence-corrected chi connectivity index (χ2v) is 4.47. The summed E-state index contributed by atoms with van der Waals surface area (Å²) in [6.45, 7) is 2.47. The van der Waals surface area contributed by atoms with Crippen molar-refractivity contribution < 1.29 is 9.18 Å². The Morgan fingerprint density at radius 1 is 1.25 bits per heavy atom. The lowest BCUT2D eigenvalue weighted by atomic mass is 9.87. The van der Waals surface area contributed by atoms with Crippen LogP contribution in [0.25, 0.3) is 0 Å². The molecule has 16 heavy (non-hydrogen) atoms. The van der Waals surface area contributed by atoms with Gasteiger partial charge in [0.25, 0.3) is 5.91 Å². The molecular formula is C12H13FN2O. The van der Waals surface area contributed by atoms with Gasteiger partial charge >= 0.3 is 0 Å². The summed E-state index contributed by atoms with van der Waals surface area (Å²) in [5.74, 6) is 0.257. The van der Waals surface area contributed by atoms with Crippen LogP contribution in [-0.2, 0) is 0 Å². The molecule has 2 N–H and O–H groups in total. The summed E-state index contributed by atoms with van der Waals surface area (Å²) in [6.07, 6.45) is 0. The van der Waals surface area contributed by atoms with E-state index in [2.05, 4.69) is 10.6 Å². The van der Waals surface area contributed by atoms with E-state index in [9.17, 15) is 9.18 Å². The predicted octanol–water partition coefficient (Wildman–Crippen LogP) is 0.872. The van der Waals surface area contributed by atoms with Crippen molar-refractivity contribution in [3.05, 3.63) is 35.1 Å². The van der Waals surface area contributed by atoms with Gasteiger partial charge in [0.1, 0.15) is 5.82 Å². The highest BCUT2D eigenvalue weighted by Gasteiger charge is 2.34.